The first-order chi connectivity index (χ1) is 8.90. The Morgan fingerprint density at radius 1 is 1.37 bits per heavy atom. The molecule has 0 radical (unpaired) electrons. The second kappa shape index (κ2) is 6.96. The third kappa shape index (κ3) is 5.15. The number of primary amides is 1. The van der Waals surface area contributed by atoms with Crippen LogP contribution in [-0.2, 0) is 9.59 Å². The van der Waals surface area contributed by atoms with Crippen LogP contribution in [0.15, 0.2) is 0 Å². The van der Waals surface area contributed by atoms with Gasteiger partial charge in [0, 0.05) is 19.5 Å². The van der Waals surface area contributed by atoms with Gasteiger partial charge in [0.05, 0.1) is 0 Å². The van der Waals surface area contributed by atoms with Crippen molar-refractivity contribution < 1.29 is 19.5 Å². The average Bonchev–Trinajstić information content (AvgIpc) is 2.34. The molecule has 1 aliphatic rings. The van der Waals surface area contributed by atoms with Crippen molar-refractivity contribution in [3.8, 4) is 0 Å². The van der Waals surface area contributed by atoms with Crippen molar-refractivity contribution in [1.82, 2.24) is 10.2 Å². The van der Waals surface area contributed by atoms with Crippen molar-refractivity contribution in [2.24, 2.45) is 11.7 Å². The van der Waals surface area contributed by atoms with Crippen LogP contribution >= 0.6 is 0 Å². The molecule has 3 amide bonds. The number of hydrogen-bond donors (Lipinski definition) is 3. The summed E-state index contributed by atoms with van der Waals surface area (Å²) in [4.78, 5) is 35.2. The number of amides is 3. The largest absolute Gasteiger partial charge is 0.480 e. The second-order valence-corrected chi connectivity index (χ2v) is 5.01. The molecule has 0 saturated carbocycles. The third-order valence-electron chi connectivity index (χ3n) is 3.35. The van der Waals surface area contributed by atoms with Gasteiger partial charge in [-0.2, -0.15) is 0 Å². The van der Waals surface area contributed by atoms with Gasteiger partial charge in [0.2, 0.25) is 5.91 Å². The summed E-state index contributed by atoms with van der Waals surface area (Å²) in [6.07, 6.45) is 1.80. The van der Waals surface area contributed by atoms with Gasteiger partial charge in [0.1, 0.15) is 6.04 Å². The first-order valence-corrected chi connectivity index (χ1v) is 6.46. The van der Waals surface area contributed by atoms with E-state index in [1.807, 2.05) is 0 Å². The Morgan fingerprint density at radius 3 is 2.42 bits per heavy atom. The van der Waals surface area contributed by atoms with Crippen LogP contribution in [0.25, 0.3) is 0 Å². The highest BCUT2D eigenvalue weighted by Crippen LogP contribution is 2.16. The van der Waals surface area contributed by atoms with E-state index in [4.69, 9.17) is 10.8 Å². The molecular formula is C12H21N3O4. The average molecular weight is 271 g/mol. The molecule has 108 valence electrons. The SMILES string of the molecule is CC1CCN(C(=O)N[C@H](CCC(N)=O)C(=O)O)CC1. The number of piperidine rings is 1. The number of carboxylic acids is 1. The number of rotatable bonds is 5. The van der Waals surface area contributed by atoms with Crippen LogP contribution in [0.4, 0.5) is 4.79 Å². The molecule has 0 aliphatic carbocycles. The van der Waals surface area contributed by atoms with E-state index in [9.17, 15) is 14.4 Å². The van der Waals surface area contributed by atoms with E-state index < -0.39 is 17.9 Å². The molecule has 0 unspecified atom stereocenters. The number of carbonyl (C=O) groups is 3. The van der Waals surface area contributed by atoms with Crippen molar-refractivity contribution in [3.05, 3.63) is 0 Å². The van der Waals surface area contributed by atoms with Gasteiger partial charge >= 0.3 is 12.0 Å². The molecule has 1 saturated heterocycles. The first kappa shape index (κ1) is 15.3. The lowest BCUT2D eigenvalue weighted by atomic mass is 9.99. The molecule has 0 aromatic heterocycles. The molecule has 1 heterocycles. The molecule has 0 aromatic rings. The van der Waals surface area contributed by atoms with Crippen LogP contribution < -0.4 is 11.1 Å². The molecule has 1 fully saturated rings. The number of carboxylic acid groups (broad SMARTS) is 1. The third-order valence-corrected chi connectivity index (χ3v) is 3.35. The smallest absolute Gasteiger partial charge is 0.326 e. The number of carbonyl (C=O) groups excluding carboxylic acids is 2. The maximum absolute atomic E-state index is 11.9. The van der Waals surface area contributed by atoms with Crippen LogP contribution in [0, 0.1) is 5.92 Å². The Labute approximate surface area is 112 Å². The number of hydrogen-bond acceptors (Lipinski definition) is 3. The quantitative estimate of drug-likeness (QED) is 0.660. The summed E-state index contributed by atoms with van der Waals surface area (Å²) in [5, 5.41) is 11.4. The van der Waals surface area contributed by atoms with Gasteiger partial charge in [-0.1, -0.05) is 6.92 Å². The van der Waals surface area contributed by atoms with Gasteiger partial charge in [-0.3, -0.25) is 4.79 Å². The Bertz CT molecular complexity index is 351. The Kier molecular flexibility index (Phi) is 5.59. The van der Waals surface area contributed by atoms with Crippen molar-refractivity contribution in [2.45, 2.75) is 38.6 Å². The Balaban J connectivity index is 2.46. The van der Waals surface area contributed by atoms with Crippen molar-refractivity contribution in [1.29, 1.82) is 0 Å². The first-order valence-electron chi connectivity index (χ1n) is 6.46. The summed E-state index contributed by atoms with van der Waals surface area (Å²) in [5.41, 5.74) is 4.97. The molecule has 0 aromatic carbocycles. The molecule has 1 aliphatic heterocycles. The molecule has 7 nitrogen and oxygen atoms in total. The monoisotopic (exact) mass is 271 g/mol. The molecule has 7 heteroatoms. The zero-order chi connectivity index (χ0) is 14.4. The number of nitrogens with zero attached hydrogens (tertiary/aromatic N) is 1. The minimum atomic E-state index is -1.15. The van der Waals surface area contributed by atoms with Crippen LogP contribution in [0.1, 0.15) is 32.6 Å². The number of aliphatic carboxylic acids is 1. The maximum Gasteiger partial charge on any atom is 0.326 e. The van der Waals surface area contributed by atoms with E-state index in [-0.39, 0.29) is 18.9 Å². The molecule has 4 N–H and O–H groups in total. The summed E-state index contributed by atoms with van der Waals surface area (Å²) in [6, 6.07) is -1.46. The highest BCUT2D eigenvalue weighted by atomic mass is 16.4. The molecule has 1 atom stereocenters. The fraction of sp³-hybridized carbons (Fsp3) is 0.750. The predicted molar refractivity (Wildman–Crippen MR) is 68.4 cm³/mol. The zero-order valence-electron chi connectivity index (χ0n) is 11.1. The van der Waals surface area contributed by atoms with E-state index in [2.05, 4.69) is 12.2 Å². The molecule has 0 spiro atoms. The molecule has 0 bridgehead atoms. The lowest BCUT2D eigenvalue weighted by molar-refractivity contribution is -0.139. The van der Waals surface area contributed by atoms with Crippen LogP contribution in [0.5, 0.6) is 0 Å². The summed E-state index contributed by atoms with van der Waals surface area (Å²) in [5.74, 6) is -1.14. The van der Waals surface area contributed by atoms with E-state index in [1.54, 1.807) is 4.90 Å². The highest BCUT2D eigenvalue weighted by molar-refractivity contribution is 5.83. The van der Waals surface area contributed by atoms with Gasteiger partial charge < -0.3 is 21.1 Å². The lowest BCUT2D eigenvalue weighted by Crippen LogP contribution is -2.50. The van der Waals surface area contributed by atoms with Crippen LogP contribution in [0.3, 0.4) is 0 Å². The number of nitrogens with two attached hydrogens (primary N) is 1. The number of nitrogens with one attached hydrogen (secondary N) is 1. The molecule has 1 rings (SSSR count). The highest BCUT2D eigenvalue weighted by Gasteiger charge is 2.25. The lowest BCUT2D eigenvalue weighted by Gasteiger charge is -2.31. The van der Waals surface area contributed by atoms with Gasteiger partial charge in [-0.05, 0) is 25.2 Å². The summed E-state index contributed by atoms with van der Waals surface area (Å²) >= 11 is 0. The van der Waals surface area contributed by atoms with E-state index in [0.29, 0.717) is 19.0 Å². The second-order valence-electron chi connectivity index (χ2n) is 5.01. The Morgan fingerprint density at radius 2 is 1.95 bits per heavy atom. The number of urea groups is 1. The summed E-state index contributed by atoms with van der Waals surface area (Å²) in [6.45, 7) is 3.40. The van der Waals surface area contributed by atoms with Gasteiger partial charge in [0.25, 0.3) is 0 Å². The van der Waals surface area contributed by atoms with Gasteiger partial charge in [-0.15, -0.1) is 0 Å². The van der Waals surface area contributed by atoms with Crippen LogP contribution in [-0.4, -0.2) is 47.0 Å². The van der Waals surface area contributed by atoms with Crippen LogP contribution in [0.2, 0.25) is 0 Å². The molecular weight excluding hydrogens is 250 g/mol. The van der Waals surface area contributed by atoms with Crippen molar-refractivity contribution in [2.75, 3.05) is 13.1 Å². The normalized spacial score (nSPS) is 17.8. The fourth-order valence-electron chi connectivity index (χ4n) is 2.00. The maximum atomic E-state index is 11.9. The fourth-order valence-corrected chi connectivity index (χ4v) is 2.00. The van der Waals surface area contributed by atoms with Gasteiger partial charge in [0.15, 0.2) is 0 Å². The van der Waals surface area contributed by atoms with Gasteiger partial charge in [-0.25, -0.2) is 9.59 Å². The van der Waals surface area contributed by atoms with Crippen molar-refractivity contribution in [3.63, 3.8) is 0 Å². The summed E-state index contributed by atoms with van der Waals surface area (Å²) in [7, 11) is 0. The minimum absolute atomic E-state index is 0.0145. The van der Waals surface area contributed by atoms with Crippen molar-refractivity contribution >= 4 is 17.9 Å². The van der Waals surface area contributed by atoms with E-state index >= 15 is 0 Å². The molecule has 19 heavy (non-hydrogen) atoms. The standard InChI is InChI=1S/C12H21N3O4/c1-8-4-6-15(7-5-8)12(19)14-9(11(17)18)2-3-10(13)16/h8-9H,2-7H2,1H3,(H2,13,16)(H,14,19)(H,17,18)/t9-/m1/s1. The van der Waals surface area contributed by atoms with E-state index in [0.717, 1.165) is 12.8 Å². The predicted octanol–water partition coefficient (Wildman–Crippen LogP) is 0.147. The number of likely N-dealkylation sites (tertiary alicyclic amines) is 1. The topological polar surface area (TPSA) is 113 Å². The summed E-state index contributed by atoms with van der Waals surface area (Å²) < 4.78 is 0. The zero-order valence-corrected chi connectivity index (χ0v) is 11.1. The minimum Gasteiger partial charge on any atom is -0.480 e. The van der Waals surface area contributed by atoms with E-state index in [1.165, 1.54) is 0 Å². The Hall–Kier alpha value is -1.79.